The summed E-state index contributed by atoms with van der Waals surface area (Å²) >= 11 is 0. The summed E-state index contributed by atoms with van der Waals surface area (Å²) in [7, 11) is 1.50. The Bertz CT molecular complexity index is 306. The van der Waals surface area contributed by atoms with Crippen molar-refractivity contribution >= 4 is 19.2 Å². The summed E-state index contributed by atoms with van der Waals surface area (Å²) in [5, 5.41) is 3.55. The summed E-state index contributed by atoms with van der Waals surface area (Å²) in [6, 6.07) is 8.50. The highest BCUT2D eigenvalue weighted by Gasteiger charge is 2.05. The maximum Gasteiger partial charge on any atom is 0.0369 e. The molecule has 0 saturated carbocycles. The van der Waals surface area contributed by atoms with E-state index in [0.717, 1.165) is 12.5 Å². The van der Waals surface area contributed by atoms with Crippen LogP contribution >= 0.6 is 13.5 Å². The van der Waals surface area contributed by atoms with E-state index >= 15 is 0 Å². The fourth-order valence-electron chi connectivity index (χ4n) is 1.88. The van der Waals surface area contributed by atoms with Gasteiger partial charge in [-0.2, -0.15) is 13.5 Å². The molecular formula is C18H46N2O2S. The maximum atomic E-state index is 4.50. The first-order chi connectivity index (χ1) is 9.27. The zero-order chi connectivity index (χ0) is 15.1. The lowest BCUT2D eigenvalue weighted by Crippen LogP contribution is -2.13. The Balaban J connectivity index is -0.0000000598. The Morgan fingerprint density at radius 2 is 1.57 bits per heavy atom. The van der Waals surface area contributed by atoms with Crippen LogP contribution in [-0.2, 0) is 0 Å². The largest absolute Gasteiger partial charge is 0.412 e. The highest BCUT2D eigenvalue weighted by atomic mass is 32.1. The molecule has 0 aliphatic heterocycles. The van der Waals surface area contributed by atoms with Crippen molar-refractivity contribution in [2.24, 2.45) is 11.7 Å². The molecule has 0 aliphatic carbocycles. The topological polar surface area (TPSA) is 101 Å². The number of anilines is 1. The molecule has 0 saturated heterocycles. The Morgan fingerprint density at radius 3 is 1.96 bits per heavy atom. The van der Waals surface area contributed by atoms with Crippen LogP contribution in [0.3, 0.4) is 0 Å². The molecule has 0 heterocycles. The van der Waals surface area contributed by atoms with Crippen LogP contribution in [0.25, 0.3) is 0 Å². The number of benzene rings is 1. The van der Waals surface area contributed by atoms with Gasteiger partial charge >= 0.3 is 0 Å². The minimum absolute atomic E-state index is 0. The summed E-state index contributed by atoms with van der Waals surface area (Å²) in [4.78, 5) is 0. The van der Waals surface area contributed by atoms with E-state index in [-0.39, 0.29) is 33.3 Å². The Morgan fingerprint density at radius 1 is 1.09 bits per heavy atom. The normalized spacial score (nSPS) is 8.65. The van der Waals surface area contributed by atoms with Crippen molar-refractivity contribution < 1.29 is 12.4 Å². The molecule has 0 spiro atoms. The van der Waals surface area contributed by atoms with Crippen LogP contribution in [0.2, 0.25) is 0 Å². The smallest absolute Gasteiger partial charge is 0.0369 e. The maximum absolute atomic E-state index is 4.50. The molecule has 0 bridgehead atoms. The van der Waals surface area contributed by atoms with Gasteiger partial charge in [0.25, 0.3) is 0 Å². The van der Waals surface area contributed by atoms with Gasteiger partial charge in [0.1, 0.15) is 0 Å². The lowest BCUT2D eigenvalue weighted by molar-refractivity contribution is 0.488. The first-order valence-corrected chi connectivity index (χ1v) is 7.65. The molecule has 0 aliphatic rings. The van der Waals surface area contributed by atoms with E-state index in [1.54, 1.807) is 0 Å². The van der Waals surface area contributed by atoms with Gasteiger partial charge < -0.3 is 22.0 Å². The minimum atomic E-state index is 0. The summed E-state index contributed by atoms with van der Waals surface area (Å²) in [6.45, 7) is 11.8. The van der Waals surface area contributed by atoms with Crippen LogP contribution in [0.4, 0.5) is 5.69 Å². The molecular weight excluding hydrogens is 308 g/mol. The van der Waals surface area contributed by atoms with E-state index in [4.69, 9.17) is 0 Å². The van der Waals surface area contributed by atoms with Crippen molar-refractivity contribution in [3.8, 4) is 0 Å². The monoisotopic (exact) mass is 354 g/mol. The summed E-state index contributed by atoms with van der Waals surface area (Å²) in [5.41, 5.74) is 7.12. The van der Waals surface area contributed by atoms with Gasteiger partial charge in [0.2, 0.25) is 0 Å². The molecule has 0 fully saturated rings. The molecule has 1 rings (SSSR count). The zero-order valence-corrected chi connectivity index (χ0v) is 16.3. The zero-order valence-electron chi connectivity index (χ0n) is 15.3. The number of hydrogen-bond donors (Lipinski definition) is 2. The standard InChI is InChI=1S/C14H23N.C2H6.CH5N.CH4.2H2O.H2S.H2/c1-4-8-13(5-2)11-15-14-10-7-6-9-12(14)3;2*1-2;;;;;/h6-7,9-10,13,15H,4-5,8,11H2,1-3H3;1-2H3;2H2,1H3;1H4;3*1H2;1H/t13-;;;;;;;/m0......./s1. The first-order valence-electron chi connectivity index (χ1n) is 7.65. The van der Waals surface area contributed by atoms with E-state index < -0.39 is 0 Å². The van der Waals surface area contributed by atoms with Crippen molar-refractivity contribution in [3.05, 3.63) is 29.8 Å². The molecule has 146 valence electrons. The summed E-state index contributed by atoms with van der Waals surface area (Å²) in [5.74, 6) is 0.814. The molecule has 0 aromatic heterocycles. The predicted molar refractivity (Wildman–Crippen MR) is 116 cm³/mol. The van der Waals surface area contributed by atoms with Crippen molar-refractivity contribution in [1.29, 1.82) is 0 Å². The van der Waals surface area contributed by atoms with Crippen LogP contribution in [0, 0.1) is 12.8 Å². The molecule has 4 nitrogen and oxygen atoms in total. The van der Waals surface area contributed by atoms with Crippen molar-refractivity contribution in [1.82, 2.24) is 0 Å². The van der Waals surface area contributed by atoms with Gasteiger partial charge in [0.05, 0.1) is 0 Å². The summed E-state index contributed by atoms with van der Waals surface area (Å²) < 4.78 is 0. The lowest BCUT2D eigenvalue weighted by Gasteiger charge is -2.16. The number of para-hydroxylation sites is 1. The highest BCUT2D eigenvalue weighted by molar-refractivity contribution is 7.59. The van der Waals surface area contributed by atoms with Gasteiger partial charge in [-0.25, -0.2) is 0 Å². The second-order valence-corrected chi connectivity index (χ2v) is 4.26. The molecule has 1 atom stereocenters. The van der Waals surface area contributed by atoms with Crippen molar-refractivity contribution in [2.45, 2.75) is 61.3 Å². The lowest BCUT2D eigenvalue weighted by atomic mass is 10.0. The fourth-order valence-corrected chi connectivity index (χ4v) is 1.88. The van der Waals surface area contributed by atoms with E-state index in [1.165, 1.54) is 37.6 Å². The molecule has 23 heavy (non-hydrogen) atoms. The molecule has 1 aromatic carbocycles. The van der Waals surface area contributed by atoms with E-state index in [0.29, 0.717) is 0 Å². The number of hydrogen-bond acceptors (Lipinski definition) is 2. The SMILES string of the molecule is C.CC.CCC[C@H](CC)CNc1ccccc1C.CN.O.O.S.[HH]. The third kappa shape index (κ3) is 19.2. The summed E-state index contributed by atoms with van der Waals surface area (Å²) in [6.07, 6.45) is 3.88. The van der Waals surface area contributed by atoms with Crippen LogP contribution in [0.5, 0.6) is 0 Å². The van der Waals surface area contributed by atoms with Crippen LogP contribution in [0.1, 0.15) is 61.4 Å². The van der Waals surface area contributed by atoms with Gasteiger partial charge in [0.15, 0.2) is 0 Å². The third-order valence-corrected chi connectivity index (χ3v) is 3.00. The van der Waals surface area contributed by atoms with E-state index in [9.17, 15) is 0 Å². The fraction of sp³-hybridized carbons (Fsp3) is 0.667. The van der Waals surface area contributed by atoms with Gasteiger partial charge in [-0.1, -0.05) is 66.2 Å². The molecule has 0 amide bonds. The van der Waals surface area contributed by atoms with Crippen molar-refractivity contribution in [2.75, 3.05) is 18.9 Å². The number of nitrogens with one attached hydrogen (secondary N) is 1. The highest BCUT2D eigenvalue weighted by Crippen LogP contribution is 2.16. The van der Waals surface area contributed by atoms with Crippen LogP contribution in [-0.4, -0.2) is 24.5 Å². The third-order valence-electron chi connectivity index (χ3n) is 3.00. The molecule has 7 N–H and O–H groups in total. The second-order valence-electron chi connectivity index (χ2n) is 4.26. The average Bonchev–Trinajstić information content (AvgIpc) is 2.49. The Hall–Kier alpha value is -0.750. The quantitative estimate of drug-likeness (QED) is 0.800. The van der Waals surface area contributed by atoms with Crippen molar-refractivity contribution in [3.63, 3.8) is 0 Å². The molecule has 0 unspecified atom stereocenters. The van der Waals surface area contributed by atoms with Gasteiger partial charge in [-0.3, -0.25) is 0 Å². The Labute approximate surface area is 153 Å². The van der Waals surface area contributed by atoms with Crippen LogP contribution in [0.15, 0.2) is 24.3 Å². The molecule has 1 aromatic rings. The number of nitrogens with two attached hydrogens (primary N) is 1. The van der Waals surface area contributed by atoms with Gasteiger partial charge in [-0.15, -0.1) is 0 Å². The van der Waals surface area contributed by atoms with Gasteiger partial charge in [-0.05, 0) is 37.9 Å². The molecule has 5 heteroatoms. The van der Waals surface area contributed by atoms with E-state index in [1.807, 2.05) is 13.8 Å². The van der Waals surface area contributed by atoms with Gasteiger partial charge in [0, 0.05) is 13.7 Å². The predicted octanol–water partition coefficient (Wildman–Crippen LogP) is 4.18. The molecule has 0 radical (unpaired) electrons. The number of aryl methyl sites for hydroxylation is 1. The Kier molecular flexibility index (Phi) is 48.4. The first kappa shape index (κ1) is 38.0. The number of rotatable bonds is 6. The minimum Gasteiger partial charge on any atom is -0.412 e. The van der Waals surface area contributed by atoms with Crippen LogP contribution < -0.4 is 11.1 Å². The second kappa shape index (κ2) is 29.3. The van der Waals surface area contributed by atoms with E-state index in [2.05, 4.69) is 56.1 Å². The average molecular weight is 355 g/mol.